The molecule has 1 heterocycles. The van der Waals surface area contributed by atoms with E-state index in [0.717, 1.165) is 13.1 Å². The van der Waals surface area contributed by atoms with Crippen LogP contribution in [-0.4, -0.2) is 41.4 Å². The molecule has 0 bridgehead atoms. The third-order valence-corrected chi connectivity index (χ3v) is 3.32. The summed E-state index contributed by atoms with van der Waals surface area (Å²) in [5, 5.41) is 0. The van der Waals surface area contributed by atoms with Crippen LogP contribution in [0.25, 0.3) is 0 Å². The fourth-order valence-corrected chi connectivity index (χ4v) is 2.17. The van der Waals surface area contributed by atoms with E-state index in [9.17, 15) is 4.79 Å². The minimum absolute atomic E-state index is 0.0672. The summed E-state index contributed by atoms with van der Waals surface area (Å²) in [6.45, 7) is 9.69. The summed E-state index contributed by atoms with van der Waals surface area (Å²) in [5.41, 5.74) is 0.0589. The summed E-state index contributed by atoms with van der Waals surface area (Å²) in [6.07, 6.45) is 3.19. The number of pyridine rings is 1. The lowest BCUT2D eigenvalue weighted by Gasteiger charge is -2.35. The third-order valence-electron chi connectivity index (χ3n) is 3.32. The van der Waals surface area contributed by atoms with Crippen LogP contribution in [0.15, 0.2) is 18.5 Å². The minimum atomic E-state index is -0.530. The Balaban J connectivity index is 3.04. The average molecular weight is 250 g/mol. The molecule has 0 aliphatic rings. The van der Waals surface area contributed by atoms with Crippen molar-refractivity contribution in [2.75, 3.05) is 20.2 Å². The Morgan fingerprint density at radius 3 is 2.44 bits per heavy atom. The maximum atomic E-state index is 12.6. The first-order valence-electron chi connectivity index (χ1n) is 6.26. The van der Waals surface area contributed by atoms with E-state index >= 15 is 0 Å². The zero-order valence-corrected chi connectivity index (χ0v) is 11.9. The molecule has 1 aromatic rings. The van der Waals surface area contributed by atoms with Crippen LogP contribution in [0.3, 0.4) is 0 Å². The Morgan fingerprint density at radius 2 is 1.94 bits per heavy atom. The number of ketones is 1. The second kappa shape index (κ2) is 5.96. The molecule has 0 saturated heterocycles. The molecule has 1 aromatic heterocycles. The van der Waals surface area contributed by atoms with Gasteiger partial charge in [0.15, 0.2) is 5.78 Å². The molecule has 4 nitrogen and oxygen atoms in total. The topological polar surface area (TPSA) is 42.4 Å². The highest BCUT2D eigenvalue weighted by Gasteiger charge is 2.33. The second-order valence-corrected chi connectivity index (χ2v) is 4.67. The Bertz CT molecular complexity index is 412. The van der Waals surface area contributed by atoms with E-state index in [-0.39, 0.29) is 5.78 Å². The van der Waals surface area contributed by atoms with E-state index in [2.05, 4.69) is 23.7 Å². The van der Waals surface area contributed by atoms with E-state index in [1.807, 2.05) is 13.8 Å². The van der Waals surface area contributed by atoms with Gasteiger partial charge in [0.25, 0.3) is 0 Å². The fourth-order valence-electron chi connectivity index (χ4n) is 2.17. The summed E-state index contributed by atoms with van der Waals surface area (Å²) in [7, 11) is 1.57. The number of carbonyl (C=O) groups excluding carboxylic acids is 1. The number of carbonyl (C=O) groups is 1. The molecule has 0 fully saturated rings. The highest BCUT2D eigenvalue weighted by molar-refractivity contribution is 6.02. The lowest BCUT2D eigenvalue weighted by molar-refractivity contribution is 0.0668. The number of rotatable bonds is 6. The van der Waals surface area contributed by atoms with Crippen LogP contribution in [0.4, 0.5) is 0 Å². The molecule has 0 saturated carbocycles. The first kappa shape index (κ1) is 14.6. The molecular formula is C14H22N2O2. The van der Waals surface area contributed by atoms with Crippen molar-refractivity contribution in [2.24, 2.45) is 0 Å². The third kappa shape index (κ3) is 2.88. The molecule has 1 rings (SSSR count). The number of aromatic nitrogens is 1. The van der Waals surface area contributed by atoms with Gasteiger partial charge in [0.1, 0.15) is 5.75 Å². The first-order chi connectivity index (χ1) is 8.47. The van der Waals surface area contributed by atoms with E-state index < -0.39 is 5.54 Å². The van der Waals surface area contributed by atoms with Crippen LogP contribution in [0.5, 0.6) is 5.75 Å². The molecule has 0 unspecified atom stereocenters. The predicted octanol–water partition coefficient (Wildman–Crippen LogP) is 2.39. The van der Waals surface area contributed by atoms with Gasteiger partial charge in [-0.2, -0.15) is 0 Å². The van der Waals surface area contributed by atoms with Crippen molar-refractivity contribution in [1.82, 2.24) is 9.88 Å². The van der Waals surface area contributed by atoms with Crippen LogP contribution in [0.2, 0.25) is 0 Å². The van der Waals surface area contributed by atoms with Crippen LogP contribution < -0.4 is 4.74 Å². The normalized spacial score (nSPS) is 11.7. The van der Waals surface area contributed by atoms with Crippen molar-refractivity contribution in [3.05, 3.63) is 24.0 Å². The number of methoxy groups -OCH3 is 1. The smallest absolute Gasteiger partial charge is 0.184 e. The van der Waals surface area contributed by atoms with Crippen molar-refractivity contribution in [3.8, 4) is 5.75 Å². The Hall–Kier alpha value is -1.42. The van der Waals surface area contributed by atoms with Crippen molar-refractivity contribution < 1.29 is 9.53 Å². The van der Waals surface area contributed by atoms with Crippen LogP contribution in [-0.2, 0) is 0 Å². The van der Waals surface area contributed by atoms with Gasteiger partial charge in [-0.05, 0) is 33.0 Å². The van der Waals surface area contributed by atoms with Gasteiger partial charge in [0.2, 0.25) is 0 Å². The molecule has 18 heavy (non-hydrogen) atoms. The highest BCUT2D eigenvalue weighted by Crippen LogP contribution is 2.22. The number of hydrogen-bond donors (Lipinski definition) is 0. The number of likely N-dealkylation sites (N-methyl/N-ethyl adjacent to an activating group) is 1. The molecule has 0 aromatic carbocycles. The zero-order chi connectivity index (χ0) is 13.8. The largest absolute Gasteiger partial charge is 0.495 e. The molecular weight excluding hydrogens is 228 g/mol. The number of Topliss-reactive ketones (excluding diaryl/α,β-unsaturated/α-hetero) is 1. The van der Waals surface area contributed by atoms with E-state index in [4.69, 9.17) is 4.74 Å². The standard InChI is InChI=1S/C14H22N2O2/c1-6-16(7-2)14(3,4)13(17)11-8-12(18-5)10-15-9-11/h8-10H,6-7H2,1-5H3. The second-order valence-electron chi connectivity index (χ2n) is 4.67. The highest BCUT2D eigenvalue weighted by atomic mass is 16.5. The molecule has 4 heteroatoms. The lowest BCUT2D eigenvalue weighted by atomic mass is 9.92. The number of hydrogen-bond acceptors (Lipinski definition) is 4. The van der Waals surface area contributed by atoms with E-state index in [0.29, 0.717) is 11.3 Å². The van der Waals surface area contributed by atoms with Gasteiger partial charge < -0.3 is 4.74 Å². The number of nitrogens with zero attached hydrogens (tertiary/aromatic N) is 2. The summed E-state index contributed by atoms with van der Waals surface area (Å²) in [6, 6.07) is 1.74. The van der Waals surface area contributed by atoms with Gasteiger partial charge in [-0.15, -0.1) is 0 Å². The maximum absolute atomic E-state index is 12.6. The first-order valence-corrected chi connectivity index (χ1v) is 6.26. The zero-order valence-electron chi connectivity index (χ0n) is 11.9. The SMILES string of the molecule is CCN(CC)C(C)(C)C(=O)c1cncc(OC)c1. The molecule has 0 N–H and O–H groups in total. The van der Waals surface area contributed by atoms with E-state index in [1.54, 1.807) is 25.6 Å². The average Bonchev–Trinajstić information content (AvgIpc) is 2.39. The van der Waals surface area contributed by atoms with Gasteiger partial charge in [-0.25, -0.2) is 0 Å². The fraction of sp³-hybridized carbons (Fsp3) is 0.571. The summed E-state index contributed by atoms with van der Waals surface area (Å²) < 4.78 is 5.10. The van der Waals surface area contributed by atoms with Gasteiger partial charge in [0, 0.05) is 11.8 Å². The summed E-state index contributed by atoms with van der Waals surface area (Å²) >= 11 is 0. The minimum Gasteiger partial charge on any atom is -0.495 e. The quantitative estimate of drug-likeness (QED) is 0.727. The maximum Gasteiger partial charge on any atom is 0.184 e. The van der Waals surface area contributed by atoms with Gasteiger partial charge in [0.05, 0.1) is 18.8 Å². The van der Waals surface area contributed by atoms with Gasteiger partial charge in [-0.1, -0.05) is 13.8 Å². The van der Waals surface area contributed by atoms with Crippen LogP contribution in [0.1, 0.15) is 38.1 Å². The van der Waals surface area contributed by atoms with Gasteiger partial charge >= 0.3 is 0 Å². The molecule has 0 spiro atoms. The summed E-state index contributed by atoms with van der Waals surface area (Å²) in [4.78, 5) is 18.7. The molecule has 0 aliphatic heterocycles. The van der Waals surface area contributed by atoms with Crippen molar-refractivity contribution >= 4 is 5.78 Å². The molecule has 0 aliphatic carbocycles. The summed E-state index contributed by atoms with van der Waals surface area (Å²) in [5.74, 6) is 0.675. The number of ether oxygens (including phenoxy) is 1. The Kier molecular flexibility index (Phi) is 4.84. The predicted molar refractivity (Wildman–Crippen MR) is 72.1 cm³/mol. The van der Waals surface area contributed by atoms with Crippen molar-refractivity contribution in [2.45, 2.75) is 33.2 Å². The molecule has 0 atom stereocenters. The molecule has 100 valence electrons. The van der Waals surface area contributed by atoms with Crippen molar-refractivity contribution in [1.29, 1.82) is 0 Å². The lowest BCUT2D eigenvalue weighted by Crippen LogP contribution is -2.49. The van der Waals surface area contributed by atoms with Crippen LogP contribution >= 0.6 is 0 Å². The molecule has 0 radical (unpaired) electrons. The van der Waals surface area contributed by atoms with Gasteiger partial charge in [-0.3, -0.25) is 14.7 Å². The molecule has 0 amide bonds. The van der Waals surface area contributed by atoms with E-state index in [1.165, 1.54) is 0 Å². The Morgan fingerprint density at radius 1 is 1.33 bits per heavy atom. The van der Waals surface area contributed by atoms with Crippen molar-refractivity contribution in [3.63, 3.8) is 0 Å². The van der Waals surface area contributed by atoms with Crippen LogP contribution in [0, 0.1) is 0 Å². The monoisotopic (exact) mass is 250 g/mol. The Labute approximate surface area is 109 Å².